The Labute approximate surface area is 135 Å². The van der Waals surface area contributed by atoms with Crippen LogP contribution < -0.4 is 0 Å². The number of hydrogen-bond donors (Lipinski definition) is 0. The van der Waals surface area contributed by atoms with Crippen LogP contribution in [0.15, 0.2) is 75.6 Å². The third-order valence-corrected chi connectivity index (χ3v) is 4.93. The number of benzene rings is 4. The molecule has 0 saturated heterocycles. The van der Waals surface area contributed by atoms with Crippen molar-refractivity contribution in [3.8, 4) is 0 Å². The second-order valence-corrected chi connectivity index (χ2v) is 6.40. The molecular formula is C20H11BrO. The predicted molar refractivity (Wildman–Crippen MR) is 96.4 cm³/mol. The molecule has 0 N–H and O–H groups in total. The molecule has 4 aromatic carbocycles. The van der Waals surface area contributed by atoms with Gasteiger partial charge in [0, 0.05) is 26.0 Å². The fraction of sp³-hybridized carbons (Fsp3) is 0. The van der Waals surface area contributed by atoms with Gasteiger partial charge < -0.3 is 4.42 Å². The Morgan fingerprint density at radius 3 is 2.14 bits per heavy atom. The second kappa shape index (κ2) is 4.34. The van der Waals surface area contributed by atoms with Gasteiger partial charge in [0.2, 0.25) is 0 Å². The van der Waals surface area contributed by atoms with E-state index in [9.17, 15) is 0 Å². The van der Waals surface area contributed by atoms with Crippen LogP contribution in [0.4, 0.5) is 0 Å². The Hall–Kier alpha value is -2.32. The molecule has 2 heteroatoms. The van der Waals surface area contributed by atoms with Gasteiger partial charge in [-0.15, -0.1) is 0 Å². The molecule has 1 nitrogen and oxygen atoms in total. The maximum absolute atomic E-state index is 6.33. The Balaban J connectivity index is 2.12. The van der Waals surface area contributed by atoms with Crippen molar-refractivity contribution in [1.29, 1.82) is 0 Å². The summed E-state index contributed by atoms with van der Waals surface area (Å²) in [6.07, 6.45) is 0. The quantitative estimate of drug-likeness (QED) is 0.305. The lowest BCUT2D eigenvalue weighted by atomic mass is 10.0. The monoisotopic (exact) mass is 346 g/mol. The van der Waals surface area contributed by atoms with Gasteiger partial charge in [-0.1, -0.05) is 54.6 Å². The third kappa shape index (κ3) is 1.53. The molecule has 104 valence electrons. The zero-order chi connectivity index (χ0) is 14.7. The van der Waals surface area contributed by atoms with Crippen molar-refractivity contribution >= 4 is 59.4 Å². The van der Waals surface area contributed by atoms with Gasteiger partial charge >= 0.3 is 0 Å². The Bertz CT molecular complexity index is 1180. The third-order valence-electron chi connectivity index (χ3n) is 4.31. The Kier molecular flexibility index (Phi) is 2.42. The SMILES string of the molecule is Brc1cc2ccccc2c2oc3c4ccccc4ccc3c12. The summed E-state index contributed by atoms with van der Waals surface area (Å²) in [5.74, 6) is 0. The average Bonchev–Trinajstić information content (AvgIpc) is 2.96. The van der Waals surface area contributed by atoms with Crippen molar-refractivity contribution in [2.45, 2.75) is 0 Å². The summed E-state index contributed by atoms with van der Waals surface area (Å²) in [6.45, 7) is 0. The van der Waals surface area contributed by atoms with Crippen LogP contribution in [0.2, 0.25) is 0 Å². The molecule has 22 heavy (non-hydrogen) atoms. The summed E-state index contributed by atoms with van der Waals surface area (Å²) in [5.41, 5.74) is 1.92. The molecule has 0 aliphatic rings. The van der Waals surface area contributed by atoms with E-state index in [1.165, 1.54) is 10.8 Å². The van der Waals surface area contributed by atoms with E-state index in [1.54, 1.807) is 0 Å². The van der Waals surface area contributed by atoms with Crippen molar-refractivity contribution in [2.75, 3.05) is 0 Å². The van der Waals surface area contributed by atoms with Crippen LogP contribution in [-0.4, -0.2) is 0 Å². The van der Waals surface area contributed by atoms with Gasteiger partial charge in [-0.3, -0.25) is 0 Å². The largest absolute Gasteiger partial charge is 0.455 e. The summed E-state index contributed by atoms with van der Waals surface area (Å²) in [7, 11) is 0. The van der Waals surface area contributed by atoms with Gasteiger partial charge in [0.15, 0.2) is 0 Å². The molecule has 0 spiro atoms. The first-order chi connectivity index (χ1) is 10.8. The Morgan fingerprint density at radius 1 is 0.636 bits per heavy atom. The van der Waals surface area contributed by atoms with E-state index in [-0.39, 0.29) is 0 Å². The number of furan rings is 1. The zero-order valence-electron chi connectivity index (χ0n) is 11.6. The summed E-state index contributed by atoms with van der Waals surface area (Å²) in [6, 6.07) is 23.2. The first-order valence-corrected chi connectivity index (χ1v) is 8.03. The molecule has 0 atom stereocenters. The normalized spacial score (nSPS) is 11.9. The molecule has 0 amide bonds. The summed E-state index contributed by atoms with van der Waals surface area (Å²) in [4.78, 5) is 0. The second-order valence-electron chi connectivity index (χ2n) is 5.55. The highest BCUT2D eigenvalue weighted by molar-refractivity contribution is 9.10. The van der Waals surface area contributed by atoms with Gasteiger partial charge in [0.05, 0.1) is 0 Å². The molecule has 1 heterocycles. The van der Waals surface area contributed by atoms with Crippen LogP contribution in [0.3, 0.4) is 0 Å². The average molecular weight is 347 g/mol. The molecule has 0 radical (unpaired) electrons. The molecule has 1 aromatic heterocycles. The van der Waals surface area contributed by atoms with Crippen LogP contribution in [0.5, 0.6) is 0 Å². The first-order valence-electron chi connectivity index (χ1n) is 7.24. The molecule has 0 aliphatic heterocycles. The predicted octanol–water partition coefficient (Wildman–Crippen LogP) is 6.65. The molecule has 5 rings (SSSR count). The molecule has 0 fully saturated rings. The van der Waals surface area contributed by atoms with Crippen molar-refractivity contribution in [3.63, 3.8) is 0 Å². The van der Waals surface area contributed by atoms with Crippen molar-refractivity contribution < 1.29 is 4.42 Å². The number of hydrogen-bond acceptors (Lipinski definition) is 1. The van der Waals surface area contributed by atoms with E-state index in [2.05, 4.69) is 82.7 Å². The van der Waals surface area contributed by atoms with Gasteiger partial charge in [-0.25, -0.2) is 0 Å². The fourth-order valence-corrected chi connectivity index (χ4v) is 3.93. The number of halogens is 1. The minimum atomic E-state index is 0.955. The van der Waals surface area contributed by atoms with E-state index in [0.29, 0.717) is 0 Å². The van der Waals surface area contributed by atoms with Crippen LogP contribution in [0.25, 0.3) is 43.5 Å². The van der Waals surface area contributed by atoms with Crippen LogP contribution in [0.1, 0.15) is 0 Å². The topological polar surface area (TPSA) is 13.1 Å². The van der Waals surface area contributed by atoms with Crippen molar-refractivity contribution in [3.05, 3.63) is 71.2 Å². The molecule has 5 aromatic rings. The summed E-state index contributed by atoms with van der Waals surface area (Å²) >= 11 is 3.72. The van der Waals surface area contributed by atoms with Gasteiger partial charge in [0.25, 0.3) is 0 Å². The highest BCUT2D eigenvalue weighted by Gasteiger charge is 2.15. The smallest absolute Gasteiger partial charge is 0.144 e. The van der Waals surface area contributed by atoms with Crippen LogP contribution in [-0.2, 0) is 0 Å². The lowest BCUT2D eigenvalue weighted by molar-refractivity contribution is 0.676. The van der Waals surface area contributed by atoms with E-state index < -0.39 is 0 Å². The van der Waals surface area contributed by atoms with E-state index >= 15 is 0 Å². The summed E-state index contributed by atoms with van der Waals surface area (Å²) < 4.78 is 7.41. The highest BCUT2D eigenvalue weighted by Crippen LogP contribution is 2.41. The molecule has 0 unspecified atom stereocenters. The molecule has 0 saturated carbocycles. The standard InChI is InChI=1S/C20H11BrO/c21-17-11-13-6-2-4-8-15(13)20-18(17)16-10-9-12-5-1-3-7-14(12)19(16)22-20/h1-11H. The molecule has 0 aliphatic carbocycles. The molecule has 0 bridgehead atoms. The fourth-order valence-electron chi connectivity index (χ4n) is 3.29. The zero-order valence-corrected chi connectivity index (χ0v) is 13.2. The maximum Gasteiger partial charge on any atom is 0.144 e. The van der Waals surface area contributed by atoms with Gasteiger partial charge in [-0.05, 0) is 38.8 Å². The highest BCUT2D eigenvalue weighted by atomic mass is 79.9. The van der Waals surface area contributed by atoms with Crippen LogP contribution >= 0.6 is 15.9 Å². The van der Waals surface area contributed by atoms with Crippen molar-refractivity contribution in [1.82, 2.24) is 0 Å². The number of rotatable bonds is 0. The first kappa shape index (κ1) is 12.2. The van der Waals surface area contributed by atoms with E-state index in [4.69, 9.17) is 4.42 Å². The summed E-state index contributed by atoms with van der Waals surface area (Å²) in [5, 5.41) is 7.01. The van der Waals surface area contributed by atoms with Gasteiger partial charge in [-0.2, -0.15) is 0 Å². The number of fused-ring (bicyclic) bond motifs is 7. The Morgan fingerprint density at radius 2 is 1.32 bits per heavy atom. The minimum Gasteiger partial charge on any atom is -0.455 e. The van der Waals surface area contributed by atoms with Crippen LogP contribution in [0, 0.1) is 0 Å². The lowest BCUT2D eigenvalue weighted by Gasteiger charge is -2.00. The van der Waals surface area contributed by atoms with E-state index in [1.807, 2.05) is 0 Å². The lowest BCUT2D eigenvalue weighted by Crippen LogP contribution is -1.76. The van der Waals surface area contributed by atoms with E-state index in [0.717, 1.165) is 37.2 Å². The van der Waals surface area contributed by atoms with Crippen molar-refractivity contribution in [2.24, 2.45) is 0 Å². The molecular weight excluding hydrogens is 336 g/mol. The minimum absolute atomic E-state index is 0.955. The maximum atomic E-state index is 6.33. The van der Waals surface area contributed by atoms with Gasteiger partial charge in [0.1, 0.15) is 11.2 Å².